The summed E-state index contributed by atoms with van der Waals surface area (Å²) >= 11 is 2.43. The molecule has 12 nitrogen and oxygen atoms in total. The maximum Gasteiger partial charge on any atom is 0.399 e. The van der Waals surface area contributed by atoms with E-state index < -0.39 is 48.1 Å². The van der Waals surface area contributed by atoms with Crippen LogP contribution in [0.5, 0.6) is 0 Å². The van der Waals surface area contributed by atoms with Crippen molar-refractivity contribution < 1.29 is 42.3 Å². The van der Waals surface area contributed by atoms with Crippen LogP contribution in [0.25, 0.3) is 20.3 Å². The fourth-order valence-corrected chi connectivity index (χ4v) is 7.89. The van der Waals surface area contributed by atoms with Gasteiger partial charge in [0.2, 0.25) is 17.7 Å². The molecule has 4 amide bonds. The Morgan fingerprint density at radius 1 is 1.08 bits per heavy atom. The van der Waals surface area contributed by atoms with Gasteiger partial charge < -0.3 is 29.8 Å². The number of rotatable bonds is 10. The third kappa shape index (κ3) is 7.59. The molecule has 0 saturated carbocycles. The first-order valence-corrected chi connectivity index (χ1v) is 19.0. The Bertz CT molecular complexity index is 2000. The summed E-state index contributed by atoms with van der Waals surface area (Å²) in [4.78, 5) is 81.9. The summed E-state index contributed by atoms with van der Waals surface area (Å²) < 4.78 is 41.5. The predicted molar refractivity (Wildman–Crippen MR) is 188 cm³/mol. The molecule has 50 heavy (non-hydrogen) atoms. The smallest absolute Gasteiger partial charge is 0.349 e. The van der Waals surface area contributed by atoms with E-state index in [2.05, 4.69) is 10.3 Å². The Labute approximate surface area is 295 Å². The monoisotopic (exact) mass is 749 g/mol. The van der Waals surface area contributed by atoms with Crippen molar-refractivity contribution in [2.75, 3.05) is 32.1 Å². The third-order valence-corrected chi connectivity index (χ3v) is 11.5. The average molecular weight is 750 g/mol. The van der Waals surface area contributed by atoms with E-state index in [4.69, 9.17) is 9.79 Å². The minimum absolute atomic E-state index is 0.0583. The Hall–Kier alpha value is -3.82. The van der Waals surface area contributed by atoms with E-state index in [-0.39, 0.29) is 41.6 Å². The van der Waals surface area contributed by atoms with Crippen LogP contribution in [0.1, 0.15) is 55.3 Å². The third-order valence-electron chi connectivity index (χ3n) is 8.60. The summed E-state index contributed by atoms with van der Waals surface area (Å²) in [6, 6.07) is 7.90. The highest BCUT2D eigenvalue weighted by Crippen LogP contribution is 2.59. The number of fused-ring (bicyclic) bond motifs is 2. The van der Waals surface area contributed by atoms with E-state index >= 15 is 0 Å². The molecule has 1 saturated heterocycles. The molecule has 1 aliphatic heterocycles. The van der Waals surface area contributed by atoms with Crippen molar-refractivity contribution in [1.82, 2.24) is 20.1 Å². The molecule has 0 spiro atoms. The summed E-state index contributed by atoms with van der Waals surface area (Å²) in [5.74, 6) is -1.64. The second-order valence-corrected chi connectivity index (χ2v) is 17.1. The van der Waals surface area contributed by atoms with Crippen LogP contribution >= 0.6 is 30.3 Å². The first-order valence-electron chi connectivity index (χ1n) is 15.7. The summed E-state index contributed by atoms with van der Waals surface area (Å²) in [5.41, 5.74) is -3.16. The average Bonchev–Trinajstić information content (AvgIpc) is 3.81. The van der Waals surface area contributed by atoms with Crippen molar-refractivity contribution in [3.05, 3.63) is 58.4 Å². The van der Waals surface area contributed by atoms with Crippen LogP contribution in [0.3, 0.4) is 0 Å². The van der Waals surface area contributed by atoms with Crippen molar-refractivity contribution in [3.63, 3.8) is 0 Å². The molecule has 3 heterocycles. The number of carbonyl (C=O) groups is 4. The number of amides is 4. The van der Waals surface area contributed by atoms with Gasteiger partial charge >= 0.3 is 13.3 Å². The van der Waals surface area contributed by atoms with Gasteiger partial charge in [0.1, 0.15) is 12.1 Å². The van der Waals surface area contributed by atoms with Crippen LogP contribution in [0, 0.1) is 5.41 Å². The highest BCUT2D eigenvalue weighted by molar-refractivity contribution is 7.52. The first kappa shape index (κ1) is 37.4. The van der Waals surface area contributed by atoms with Crippen LogP contribution in [-0.2, 0) is 24.6 Å². The van der Waals surface area contributed by atoms with Gasteiger partial charge in [0.05, 0.1) is 20.6 Å². The topological polar surface area (TPSA) is 160 Å². The lowest BCUT2D eigenvalue weighted by Gasteiger charge is -2.36. The molecule has 1 fully saturated rings. The van der Waals surface area contributed by atoms with E-state index in [1.807, 2.05) is 6.07 Å². The second-order valence-electron chi connectivity index (χ2n) is 13.4. The summed E-state index contributed by atoms with van der Waals surface area (Å²) in [6.07, 6.45) is 0.980. The lowest BCUT2D eigenvalue weighted by Crippen LogP contribution is -2.58. The Kier molecular flexibility index (Phi) is 10.5. The summed E-state index contributed by atoms with van der Waals surface area (Å²) in [5, 5.41) is 2.97. The summed E-state index contributed by atoms with van der Waals surface area (Å²) in [7, 11) is -2.53. The minimum atomic E-state index is -5.79. The molecule has 3 N–H and O–H groups in total. The number of carbonyl (C=O) groups excluding carboxylic acids is 4. The molecule has 17 heteroatoms. The lowest BCUT2D eigenvalue weighted by atomic mass is 9.85. The minimum Gasteiger partial charge on any atom is -0.349 e. The highest BCUT2D eigenvalue weighted by Gasteiger charge is 2.50. The Morgan fingerprint density at radius 2 is 1.78 bits per heavy atom. The van der Waals surface area contributed by atoms with Crippen LogP contribution < -0.4 is 10.2 Å². The standard InChI is InChI=1S/C33H38F2N5O7PS2/c1-32(2,3)28(37-29(42)26-16-19-15-20(8-10-24(19)50-26)33(34,35)48(45,46)47)31(44)40-13-6-7-23(40)30(43)39(14-12-27(41)38(4)5)21-9-11-25-22(17-21)36-18-49-25/h8-11,15-18,23,28H,6-7,12-14H2,1-5H3,(H,37,42)(H2,45,46,47)/t23-,28?/m0/s1. The molecule has 268 valence electrons. The van der Waals surface area contributed by atoms with Crippen LogP contribution in [-0.4, -0.2) is 87.5 Å². The number of thiophene rings is 1. The molecular formula is C33H38F2N5O7PS2. The van der Waals surface area contributed by atoms with Gasteiger partial charge in [-0.05, 0) is 60.0 Å². The van der Waals surface area contributed by atoms with Crippen molar-refractivity contribution in [2.24, 2.45) is 5.41 Å². The van der Waals surface area contributed by atoms with E-state index in [1.54, 1.807) is 52.5 Å². The quantitative estimate of drug-likeness (QED) is 0.182. The number of thiazole rings is 1. The SMILES string of the molecule is CN(C)C(=O)CCN(C(=O)[C@@H]1CCCN1C(=O)C(NC(=O)c1cc2cc(C(F)(F)P(=O)(O)O)ccc2s1)C(C)(C)C)c1ccc2scnc2c1. The van der Waals surface area contributed by atoms with E-state index in [1.165, 1.54) is 38.2 Å². The number of anilines is 1. The molecule has 2 atom stereocenters. The fraction of sp³-hybridized carbons (Fsp3) is 0.424. The zero-order chi connectivity index (χ0) is 36.8. The molecule has 1 aliphatic rings. The number of aromatic nitrogens is 1. The van der Waals surface area contributed by atoms with Crippen LogP contribution in [0.15, 0.2) is 48.0 Å². The number of nitrogens with zero attached hydrogens (tertiary/aromatic N) is 4. The van der Waals surface area contributed by atoms with Crippen LogP contribution in [0.2, 0.25) is 0 Å². The van der Waals surface area contributed by atoms with Gasteiger partial charge in [-0.1, -0.05) is 26.8 Å². The number of alkyl halides is 2. The van der Waals surface area contributed by atoms with Gasteiger partial charge in [-0.25, -0.2) is 4.98 Å². The zero-order valence-corrected chi connectivity index (χ0v) is 30.6. The number of halogens is 2. The highest BCUT2D eigenvalue weighted by atomic mass is 32.1. The number of hydrogen-bond donors (Lipinski definition) is 3. The molecule has 0 bridgehead atoms. The fourth-order valence-electron chi connectivity index (χ4n) is 5.81. The normalized spacial score (nSPS) is 16.1. The second kappa shape index (κ2) is 14.1. The number of hydrogen-bond acceptors (Lipinski definition) is 8. The van der Waals surface area contributed by atoms with Crippen molar-refractivity contribution in [3.8, 4) is 0 Å². The van der Waals surface area contributed by atoms with Crippen molar-refractivity contribution in [2.45, 2.75) is 57.8 Å². The van der Waals surface area contributed by atoms with E-state index in [9.17, 15) is 32.5 Å². The molecular weight excluding hydrogens is 711 g/mol. The van der Waals surface area contributed by atoms with Gasteiger partial charge in [-0.3, -0.25) is 23.7 Å². The van der Waals surface area contributed by atoms with Gasteiger partial charge in [-0.2, -0.15) is 8.78 Å². The van der Waals surface area contributed by atoms with Crippen LogP contribution in [0.4, 0.5) is 14.5 Å². The molecule has 0 aliphatic carbocycles. The summed E-state index contributed by atoms with van der Waals surface area (Å²) in [6.45, 7) is 5.66. The Balaban J connectivity index is 1.40. The number of likely N-dealkylation sites (tertiary alicyclic amines) is 1. The van der Waals surface area contributed by atoms with Gasteiger partial charge in [0.15, 0.2) is 0 Å². The first-order chi connectivity index (χ1) is 23.3. The molecule has 1 unspecified atom stereocenters. The maximum atomic E-state index is 14.4. The van der Waals surface area contributed by atoms with Gasteiger partial charge in [0, 0.05) is 49.6 Å². The van der Waals surface area contributed by atoms with Crippen molar-refractivity contribution in [1.29, 1.82) is 0 Å². The lowest BCUT2D eigenvalue weighted by molar-refractivity contribution is -0.141. The maximum absolute atomic E-state index is 14.4. The number of benzene rings is 2. The molecule has 5 rings (SSSR count). The van der Waals surface area contributed by atoms with Gasteiger partial charge in [-0.15, -0.1) is 22.7 Å². The number of nitrogens with one attached hydrogen (secondary N) is 1. The molecule has 2 aromatic carbocycles. The van der Waals surface area contributed by atoms with E-state index in [0.29, 0.717) is 28.7 Å². The largest absolute Gasteiger partial charge is 0.399 e. The zero-order valence-electron chi connectivity index (χ0n) is 28.1. The van der Waals surface area contributed by atoms with E-state index in [0.717, 1.165) is 28.2 Å². The molecule has 2 aromatic heterocycles. The van der Waals surface area contributed by atoms with Gasteiger partial charge in [0.25, 0.3) is 5.91 Å². The Morgan fingerprint density at radius 3 is 2.44 bits per heavy atom. The predicted octanol–water partition coefficient (Wildman–Crippen LogP) is 5.39. The molecule has 4 aromatic rings. The van der Waals surface area contributed by atoms with Crippen molar-refractivity contribution >= 4 is 79.9 Å². The molecule has 0 radical (unpaired) electrons.